The molecule has 0 radical (unpaired) electrons. The van der Waals surface area contributed by atoms with E-state index < -0.39 is 12.0 Å². The van der Waals surface area contributed by atoms with Gasteiger partial charge in [-0.15, -0.1) is 0 Å². The molecule has 1 aliphatic rings. The Hall–Kier alpha value is -1.79. The van der Waals surface area contributed by atoms with Gasteiger partial charge in [0.2, 0.25) is 0 Å². The molecular weight excluding hydrogens is 202 g/mol. The van der Waals surface area contributed by atoms with Crippen molar-refractivity contribution < 1.29 is 24.7 Å². The van der Waals surface area contributed by atoms with Crippen LogP contribution in [0.25, 0.3) is 0 Å². The lowest BCUT2D eigenvalue weighted by atomic mass is 10.1. The summed E-state index contributed by atoms with van der Waals surface area (Å²) < 4.78 is 4.93. The van der Waals surface area contributed by atoms with E-state index in [9.17, 15) is 9.90 Å². The minimum absolute atomic E-state index is 0.00639. The van der Waals surface area contributed by atoms with Crippen LogP contribution in [-0.4, -0.2) is 28.6 Å². The first kappa shape index (κ1) is 9.75. The van der Waals surface area contributed by atoms with Gasteiger partial charge >= 0.3 is 5.91 Å². The highest BCUT2D eigenvalue weighted by Gasteiger charge is 2.33. The summed E-state index contributed by atoms with van der Waals surface area (Å²) in [4.78, 5) is 15.9. The van der Waals surface area contributed by atoms with Crippen molar-refractivity contribution in [3.05, 3.63) is 23.8 Å². The average molecular weight is 211 g/mol. The van der Waals surface area contributed by atoms with E-state index in [4.69, 9.17) is 14.8 Å². The second kappa shape index (κ2) is 3.41. The smallest absolute Gasteiger partial charge is 0.317 e. The van der Waals surface area contributed by atoms with Crippen LogP contribution in [0.2, 0.25) is 0 Å². The van der Waals surface area contributed by atoms with Gasteiger partial charge in [-0.1, -0.05) is 0 Å². The Kier molecular flexibility index (Phi) is 2.22. The number of amides is 1. The molecule has 0 aromatic heterocycles. The van der Waals surface area contributed by atoms with Crippen LogP contribution in [0.4, 0.5) is 0 Å². The van der Waals surface area contributed by atoms with Crippen LogP contribution >= 0.6 is 0 Å². The lowest BCUT2D eigenvalue weighted by Crippen LogP contribution is -2.39. The number of aliphatic hydroxyl groups excluding tert-OH is 1. The van der Waals surface area contributed by atoms with E-state index in [1.165, 1.54) is 19.2 Å². The third kappa shape index (κ3) is 1.49. The van der Waals surface area contributed by atoms with Gasteiger partial charge in [0.25, 0.3) is 0 Å². The summed E-state index contributed by atoms with van der Waals surface area (Å²) in [5, 5.41) is 18.5. The summed E-state index contributed by atoms with van der Waals surface area (Å²) in [6, 6.07) is 4.56. The first-order valence-corrected chi connectivity index (χ1v) is 4.20. The minimum atomic E-state index is -1.41. The largest absolute Gasteiger partial charge is 0.497 e. The number of fused-ring (bicyclic) bond motifs is 1. The van der Waals surface area contributed by atoms with Gasteiger partial charge in [-0.3, -0.25) is 10.0 Å². The maximum Gasteiger partial charge on any atom is 0.317 e. The fourth-order valence-electron chi connectivity index (χ4n) is 1.32. The van der Waals surface area contributed by atoms with Gasteiger partial charge < -0.3 is 14.7 Å². The van der Waals surface area contributed by atoms with E-state index in [0.29, 0.717) is 11.3 Å². The number of ether oxygens (including phenoxy) is 1. The molecule has 15 heavy (non-hydrogen) atoms. The molecule has 0 saturated carbocycles. The van der Waals surface area contributed by atoms with E-state index in [1.807, 2.05) is 0 Å². The Bertz CT molecular complexity index is 405. The van der Waals surface area contributed by atoms with Crippen LogP contribution in [0.15, 0.2) is 18.2 Å². The number of aliphatic hydroxyl groups is 1. The van der Waals surface area contributed by atoms with Crippen LogP contribution in [0.5, 0.6) is 11.5 Å². The molecule has 0 aliphatic carbocycles. The summed E-state index contributed by atoms with van der Waals surface area (Å²) in [6.07, 6.45) is -1.41. The van der Waals surface area contributed by atoms with Gasteiger partial charge in [0.1, 0.15) is 5.75 Å². The number of nitrogens with zero attached hydrogens (tertiary/aromatic N) is 1. The first-order valence-electron chi connectivity index (χ1n) is 4.20. The molecule has 0 bridgehead atoms. The van der Waals surface area contributed by atoms with Crippen LogP contribution < -0.4 is 9.57 Å². The second-order valence-electron chi connectivity index (χ2n) is 3.01. The van der Waals surface area contributed by atoms with Crippen molar-refractivity contribution in [3.8, 4) is 11.5 Å². The van der Waals surface area contributed by atoms with Crippen LogP contribution in [0, 0.1) is 0 Å². The summed E-state index contributed by atoms with van der Waals surface area (Å²) in [7, 11) is 1.48. The van der Waals surface area contributed by atoms with Gasteiger partial charge in [0.15, 0.2) is 11.9 Å². The molecule has 1 amide bonds. The topological polar surface area (TPSA) is 79.2 Å². The number of carbonyl (C=O) groups excluding carboxylic acids is 1. The highest BCUT2D eigenvalue weighted by atomic mass is 16.9. The molecular formula is C9H9NO5. The van der Waals surface area contributed by atoms with Gasteiger partial charge in [-0.2, -0.15) is 0 Å². The average Bonchev–Trinajstić information content (AvgIpc) is 2.25. The van der Waals surface area contributed by atoms with Crippen molar-refractivity contribution in [2.75, 3.05) is 7.11 Å². The van der Waals surface area contributed by atoms with E-state index in [1.54, 1.807) is 6.07 Å². The zero-order valence-corrected chi connectivity index (χ0v) is 7.88. The zero-order chi connectivity index (χ0) is 11.0. The standard InChI is InChI=1S/C9H9NO5/c1-14-5-2-3-6-7(4-5)15-10(13)9(12)8(6)11/h2-4,8,11,13H,1H3. The maximum atomic E-state index is 11.1. The fraction of sp³-hybridized carbons (Fsp3) is 0.222. The highest BCUT2D eigenvalue weighted by molar-refractivity contribution is 5.82. The fourth-order valence-corrected chi connectivity index (χ4v) is 1.32. The predicted molar refractivity (Wildman–Crippen MR) is 47.2 cm³/mol. The molecule has 1 heterocycles. The quantitative estimate of drug-likeness (QED) is 0.651. The second-order valence-corrected chi connectivity index (χ2v) is 3.01. The number of rotatable bonds is 1. The number of carbonyl (C=O) groups is 1. The summed E-state index contributed by atoms with van der Waals surface area (Å²) >= 11 is 0. The molecule has 1 aromatic carbocycles. The van der Waals surface area contributed by atoms with Crippen molar-refractivity contribution in [1.29, 1.82) is 0 Å². The molecule has 1 unspecified atom stereocenters. The first-order chi connectivity index (χ1) is 7.13. The Morgan fingerprint density at radius 2 is 2.27 bits per heavy atom. The third-order valence-corrected chi connectivity index (χ3v) is 2.12. The van der Waals surface area contributed by atoms with Crippen molar-refractivity contribution in [3.63, 3.8) is 0 Å². The van der Waals surface area contributed by atoms with Gasteiger partial charge in [0, 0.05) is 11.6 Å². The lowest BCUT2D eigenvalue weighted by Gasteiger charge is -2.26. The number of hydrogen-bond donors (Lipinski definition) is 2. The van der Waals surface area contributed by atoms with Crippen LogP contribution in [0.3, 0.4) is 0 Å². The van der Waals surface area contributed by atoms with Crippen LogP contribution in [-0.2, 0) is 4.79 Å². The SMILES string of the molecule is COc1ccc2c(c1)ON(O)C(=O)C2O. The summed E-state index contributed by atoms with van der Waals surface area (Å²) in [5.41, 5.74) is 0.297. The summed E-state index contributed by atoms with van der Waals surface area (Å²) in [5.74, 6) is -0.236. The maximum absolute atomic E-state index is 11.1. The van der Waals surface area contributed by atoms with Crippen molar-refractivity contribution in [2.24, 2.45) is 0 Å². The molecule has 0 fully saturated rings. The monoisotopic (exact) mass is 211 g/mol. The molecule has 6 nitrogen and oxygen atoms in total. The molecule has 80 valence electrons. The van der Waals surface area contributed by atoms with E-state index >= 15 is 0 Å². The molecule has 0 spiro atoms. The van der Waals surface area contributed by atoms with E-state index in [2.05, 4.69) is 0 Å². The normalized spacial score (nSPS) is 19.5. The Balaban J connectivity index is 2.45. The highest BCUT2D eigenvalue weighted by Crippen LogP contribution is 2.34. The Morgan fingerprint density at radius 1 is 1.53 bits per heavy atom. The van der Waals surface area contributed by atoms with E-state index in [0.717, 1.165) is 0 Å². The molecule has 2 rings (SSSR count). The van der Waals surface area contributed by atoms with E-state index in [-0.39, 0.29) is 11.0 Å². The Labute approximate surface area is 85.2 Å². The molecule has 0 saturated heterocycles. The molecule has 6 heteroatoms. The number of methoxy groups -OCH3 is 1. The number of hydrogen-bond acceptors (Lipinski definition) is 5. The lowest BCUT2D eigenvalue weighted by molar-refractivity contribution is -0.277. The molecule has 1 atom stereocenters. The zero-order valence-electron chi connectivity index (χ0n) is 7.88. The van der Waals surface area contributed by atoms with Gasteiger partial charge in [-0.05, 0) is 17.4 Å². The summed E-state index contributed by atoms with van der Waals surface area (Å²) in [6.45, 7) is 0. The molecule has 1 aliphatic heterocycles. The van der Waals surface area contributed by atoms with Crippen LogP contribution in [0.1, 0.15) is 11.7 Å². The number of hydroxylamine groups is 2. The van der Waals surface area contributed by atoms with Gasteiger partial charge in [0.05, 0.1) is 7.11 Å². The number of benzene rings is 1. The Morgan fingerprint density at radius 3 is 2.93 bits per heavy atom. The predicted octanol–water partition coefficient (Wildman–Crippen LogP) is 0.254. The molecule has 2 N–H and O–H groups in total. The minimum Gasteiger partial charge on any atom is -0.497 e. The van der Waals surface area contributed by atoms with Crippen molar-refractivity contribution in [1.82, 2.24) is 5.23 Å². The van der Waals surface area contributed by atoms with Crippen molar-refractivity contribution >= 4 is 5.91 Å². The molecule has 1 aromatic rings. The van der Waals surface area contributed by atoms with Crippen molar-refractivity contribution in [2.45, 2.75) is 6.10 Å². The third-order valence-electron chi connectivity index (χ3n) is 2.12. The van der Waals surface area contributed by atoms with Gasteiger partial charge in [-0.25, -0.2) is 0 Å².